The Labute approximate surface area is 352 Å². The molecule has 5 amide bonds. The number of nitriles is 1. The summed E-state index contributed by atoms with van der Waals surface area (Å²) in [5.74, 6) is -2.44. The maximum Gasteiger partial charge on any atom is 0.289 e. The zero-order valence-electron chi connectivity index (χ0n) is 34.0. The SMILES string of the molecule is CC1(C)C(NC(=O)c2ncc(N3CCN(CC4CCN(c5cc6c(cc5F)C(=O)N(C5CCC(=O)NC5=O)C6=O)CC4)CC3)cn2)C(C)(C)C1Oc1ccc(C#N)c(Cl)c1. The number of fused-ring (bicyclic) bond motifs is 1. The van der Waals surface area contributed by atoms with Gasteiger partial charge in [-0.2, -0.15) is 5.26 Å². The van der Waals surface area contributed by atoms with Crippen LogP contribution in [0.1, 0.15) is 90.3 Å². The van der Waals surface area contributed by atoms with Crippen LogP contribution < -0.4 is 25.2 Å². The minimum absolute atomic E-state index is 0.0114. The molecule has 3 saturated heterocycles. The van der Waals surface area contributed by atoms with Crippen LogP contribution in [-0.4, -0.2) is 113 Å². The Morgan fingerprint density at radius 2 is 1.58 bits per heavy atom. The van der Waals surface area contributed by atoms with Crippen LogP contribution in [0.25, 0.3) is 0 Å². The molecule has 2 aromatic carbocycles. The van der Waals surface area contributed by atoms with Gasteiger partial charge in [-0.05, 0) is 49.4 Å². The molecule has 4 aliphatic heterocycles. The van der Waals surface area contributed by atoms with Crippen LogP contribution in [0.3, 0.4) is 0 Å². The van der Waals surface area contributed by atoms with Crippen molar-refractivity contribution in [3.8, 4) is 11.8 Å². The van der Waals surface area contributed by atoms with Crippen LogP contribution in [0.4, 0.5) is 15.8 Å². The van der Waals surface area contributed by atoms with Gasteiger partial charge < -0.3 is 19.9 Å². The summed E-state index contributed by atoms with van der Waals surface area (Å²) in [7, 11) is 0. The number of carbonyl (C=O) groups is 5. The van der Waals surface area contributed by atoms with Crippen LogP contribution in [0.15, 0.2) is 42.7 Å². The summed E-state index contributed by atoms with van der Waals surface area (Å²) in [4.78, 5) is 80.1. The highest BCUT2D eigenvalue weighted by Crippen LogP contribution is 2.55. The van der Waals surface area contributed by atoms with Gasteiger partial charge in [-0.3, -0.25) is 39.1 Å². The molecule has 1 aromatic heterocycles. The van der Waals surface area contributed by atoms with Crippen molar-refractivity contribution in [3.05, 3.63) is 76.1 Å². The Balaban J connectivity index is 0.800. The molecular formula is C43H47ClFN9O6. The predicted molar refractivity (Wildman–Crippen MR) is 218 cm³/mol. The van der Waals surface area contributed by atoms with E-state index >= 15 is 4.39 Å². The van der Waals surface area contributed by atoms with E-state index in [1.54, 1.807) is 30.6 Å². The van der Waals surface area contributed by atoms with Gasteiger partial charge in [0.1, 0.15) is 29.8 Å². The normalized spacial score (nSPS) is 24.1. The van der Waals surface area contributed by atoms with Crippen molar-refractivity contribution in [2.24, 2.45) is 16.7 Å². The molecule has 17 heteroatoms. The van der Waals surface area contributed by atoms with Gasteiger partial charge in [0, 0.05) is 75.2 Å². The summed E-state index contributed by atoms with van der Waals surface area (Å²) < 4.78 is 21.8. The number of hydrogen-bond acceptors (Lipinski definition) is 12. The largest absolute Gasteiger partial charge is 0.489 e. The predicted octanol–water partition coefficient (Wildman–Crippen LogP) is 4.19. The Kier molecular flexibility index (Phi) is 10.8. The van der Waals surface area contributed by atoms with E-state index in [1.165, 1.54) is 6.07 Å². The number of benzene rings is 2. The summed E-state index contributed by atoms with van der Waals surface area (Å²) in [5.41, 5.74) is 0.631. The standard InChI is InChI=1S/C43H47ClFN9O6/c1-42(2)40(43(3,4)41(42)60-27-6-5-25(20-46)30(44)17-27)50-37(57)35-47-21-26(22-48-35)52-15-13-51(14-16-52)23-24-9-11-53(12-10-24)33-19-29-28(18-31(33)45)38(58)54(39(29)59)32-7-8-34(55)49-36(32)56/h5-6,17-19,21-22,24,32,40-41H,7-16,23H2,1-4H3,(H,50,57)(H,49,55,56). The van der Waals surface area contributed by atoms with Gasteiger partial charge in [0.05, 0.1) is 45.5 Å². The fourth-order valence-electron chi connectivity index (χ4n) is 10.0. The van der Waals surface area contributed by atoms with Crippen molar-refractivity contribution < 1.29 is 33.1 Å². The molecule has 0 bridgehead atoms. The number of imide groups is 2. The minimum Gasteiger partial charge on any atom is -0.489 e. The van der Waals surface area contributed by atoms with E-state index < -0.39 is 46.3 Å². The molecule has 1 aliphatic carbocycles. The Bertz CT molecular complexity index is 2280. The van der Waals surface area contributed by atoms with Crippen LogP contribution in [-0.2, 0) is 9.59 Å². The van der Waals surface area contributed by atoms with E-state index in [2.05, 4.69) is 36.5 Å². The molecule has 2 N–H and O–H groups in total. The van der Waals surface area contributed by atoms with Gasteiger partial charge in [0.25, 0.3) is 17.7 Å². The fraction of sp³-hybridized carbons (Fsp3) is 0.488. The molecule has 1 atom stereocenters. The number of piperazine rings is 1. The lowest BCUT2D eigenvalue weighted by atomic mass is 9.49. The number of aromatic nitrogens is 2. The lowest BCUT2D eigenvalue weighted by molar-refractivity contribution is -0.164. The lowest BCUT2D eigenvalue weighted by Gasteiger charge is -2.63. The first kappa shape index (κ1) is 41.1. The topological polar surface area (TPSA) is 181 Å². The number of hydrogen-bond donors (Lipinski definition) is 2. The number of amides is 5. The van der Waals surface area contributed by atoms with Crippen molar-refractivity contribution in [3.63, 3.8) is 0 Å². The number of nitrogens with zero attached hydrogens (tertiary/aromatic N) is 7. The molecule has 4 fully saturated rings. The average Bonchev–Trinajstić information content (AvgIpc) is 3.46. The highest BCUT2D eigenvalue weighted by atomic mass is 35.5. The molecule has 1 saturated carbocycles. The molecule has 3 aromatic rings. The third-order valence-corrected chi connectivity index (χ3v) is 13.3. The molecular weight excluding hydrogens is 793 g/mol. The van der Waals surface area contributed by atoms with Crippen molar-refractivity contribution >= 4 is 52.5 Å². The van der Waals surface area contributed by atoms with E-state index in [0.717, 1.165) is 62.2 Å². The van der Waals surface area contributed by atoms with Crippen molar-refractivity contribution in [2.75, 3.05) is 55.6 Å². The average molecular weight is 840 g/mol. The first-order chi connectivity index (χ1) is 28.6. The molecule has 0 spiro atoms. The molecule has 5 aliphatic rings. The van der Waals surface area contributed by atoms with Gasteiger partial charge >= 0.3 is 0 Å². The summed E-state index contributed by atoms with van der Waals surface area (Å²) in [6, 6.07) is 8.24. The first-order valence-electron chi connectivity index (χ1n) is 20.3. The third kappa shape index (κ3) is 7.42. The second-order valence-electron chi connectivity index (χ2n) is 17.6. The quantitative estimate of drug-likeness (QED) is 0.294. The van der Waals surface area contributed by atoms with E-state index in [0.29, 0.717) is 35.3 Å². The van der Waals surface area contributed by atoms with E-state index in [1.807, 2.05) is 32.6 Å². The molecule has 15 nitrogen and oxygen atoms in total. The van der Waals surface area contributed by atoms with Gasteiger partial charge in [-0.25, -0.2) is 14.4 Å². The van der Waals surface area contributed by atoms with Crippen LogP contribution in [0.5, 0.6) is 5.75 Å². The highest BCUT2D eigenvalue weighted by Gasteiger charge is 2.64. The summed E-state index contributed by atoms with van der Waals surface area (Å²) in [6.45, 7) is 13.5. The number of anilines is 2. The van der Waals surface area contributed by atoms with Crippen molar-refractivity contribution in [1.82, 2.24) is 30.4 Å². The summed E-state index contributed by atoms with van der Waals surface area (Å²) in [5, 5.41) is 14.8. The third-order valence-electron chi connectivity index (χ3n) is 13.0. The first-order valence-corrected chi connectivity index (χ1v) is 20.7. The molecule has 8 rings (SSSR count). The Hall–Kier alpha value is -5.66. The summed E-state index contributed by atoms with van der Waals surface area (Å²) in [6.07, 6.45) is 4.86. The number of carbonyl (C=O) groups excluding carboxylic acids is 5. The van der Waals surface area contributed by atoms with Crippen LogP contribution >= 0.6 is 11.6 Å². The minimum atomic E-state index is -1.11. The monoisotopic (exact) mass is 839 g/mol. The maximum atomic E-state index is 15.5. The van der Waals surface area contributed by atoms with E-state index in [-0.39, 0.29) is 53.5 Å². The molecule has 0 radical (unpaired) electrons. The Morgan fingerprint density at radius 1 is 0.933 bits per heavy atom. The summed E-state index contributed by atoms with van der Waals surface area (Å²) >= 11 is 6.23. The van der Waals surface area contributed by atoms with E-state index in [4.69, 9.17) is 16.3 Å². The second-order valence-corrected chi connectivity index (χ2v) is 18.0. The number of ether oxygens (including phenoxy) is 1. The van der Waals surface area contributed by atoms with Crippen LogP contribution in [0.2, 0.25) is 5.02 Å². The molecule has 5 heterocycles. The fourth-order valence-corrected chi connectivity index (χ4v) is 10.2. The number of halogens is 2. The second kappa shape index (κ2) is 15.7. The smallest absolute Gasteiger partial charge is 0.289 e. The van der Waals surface area contributed by atoms with Gasteiger partial charge in [0.2, 0.25) is 17.6 Å². The number of rotatable bonds is 9. The van der Waals surface area contributed by atoms with Gasteiger partial charge in [-0.1, -0.05) is 39.3 Å². The van der Waals surface area contributed by atoms with Gasteiger partial charge in [-0.15, -0.1) is 0 Å². The van der Waals surface area contributed by atoms with E-state index in [9.17, 15) is 29.2 Å². The van der Waals surface area contributed by atoms with Gasteiger partial charge in [0.15, 0.2) is 0 Å². The number of piperidine rings is 2. The molecule has 314 valence electrons. The number of nitrogens with one attached hydrogen (secondary N) is 2. The Morgan fingerprint density at radius 3 is 2.20 bits per heavy atom. The van der Waals surface area contributed by atoms with Crippen LogP contribution in [0, 0.1) is 33.9 Å². The van der Waals surface area contributed by atoms with Crippen molar-refractivity contribution in [2.45, 2.75) is 71.6 Å². The lowest BCUT2D eigenvalue weighted by Crippen LogP contribution is -2.74. The molecule has 60 heavy (non-hydrogen) atoms. The highest BCUT2D eigenvalue weighted by molar-refractivity contribution is 6.31. The molecule has 1 unspecified atom stereocenters. The van der Waals surface area contributed by atoms with Crippen molar-refractivity contribution in [1.29, 1.82) is 5.26 Å². The zero-order valence-corrected chi connectivity index (χ0v) is 34.7. The maximum absolute atomic E-state index is 15.5. The zero-order chi connectivity index (χ0) is 42.7.